The number of nitrogens with zero attached hydrogens (tertiary/aromatic N) is 4. The van der Waals surface area contributed by atoms with Gasteiger partial charge in [-0.3, -0.25) is 9.78 Å². The molecule has 0 radical (unpaired) electrons. The number of halogens is 3. The van der Waals surface area contributed by atoms with E-state index in [0.29, 0.717) is 50.6 Å². The Morgan fingerprint density at radius 2 is 2.12 bits per heavy atom. The highest BCUT2D eigenvalue weighted by molar-refractivity contribution is 5.94. The van der Waals surface area contributed by atoms with Crippen molar-refractivity contribution in [3.8, 4) is 6.07 Å². The molecule has 2 fully saturated rings. The van der Waals surface area contributed by atoms with Gasteiger partial charge in [0, 0.05) is 56.5 Å². The molecular weight excluding hydrogens is 433 g/mol. The molecule has 4 rings (SSSR count). The van der Waals surface area contributed by atoms with E-state index in [4.69, 9.17) is 10.00 Å². The van der Waals surface area contributed by atoms with Crippen molar-refractivity contribution in [2.24, 2.45) is 11.3 Å². The number of aromatic nitrogens is 1. The molecule has 0 N–H and O–H groups in total. The topological polar surface area (TPSA) is 69.5 Å². The lowest BCUT2D eigenvalue weighted by Gasteiger charge is -2.44. The third-order valence-corrected chi connectivity index (χ3v) is 6.86. The van der Waals surface area contributed by atoms with Gasteiger partial charge >= 0.3 is 6.18 Å². The van der Waals surface area contributed by atoms with Crippen molar-refractivity contribution in [2.75, 3.05) is 44.8 Å². The Morgan fingerprint density at radius 3 is 2.79 bits per heavy atom. The highest BCUT2D eigenvalue weighted by atomic mass is 19.4. The average Bonchev–Trinajstić information content (AvgIpc) is 3.16. The Balaban J connectivity index is 1.59. The van der Waals surface area contributed by atoms with E-state index in [1.165, 1.54) is 6.07 Å². The molecule has 33 heavy (non-hydrogen) atoms. The van der Waals surface area contributed by atoms with Crippen LogP contribution in [0.25, 0.3) is 0 Å². The smallest absolute Gasteiger partial charge is 0.384 e. The number of amides is 1. The molecule has 2 aromatic rings. The van der Waals surface area contributed by atoms with E-state index in [1.54, 1.807) is 36.4 Å². The largest absolute Gasteiger partial charge is 0.417 e. The van der Waals surface area contributed by atoms with Crippen molar-refractivity contribution >= 4 is 11.6 Å². The Labute approximate surface area is 190 Å². The van der Waals surface area contributed by atoms with Gasteiger partial charge in [-0.2, -0.15) is 18.4 Å². The fourth-order valence-electron chi connectivity index (χ4n) is 5.12. The number of benzene rings is 1. The van der Waals surface area contributed by atoms with Crippen LogP contribution in [0.3, 0.4) is 0 Å². The first-order chi connectivity index (χ1) is 15.7. The van der Waals surface area contributed by atoms with Crippen molar-refractivity contribution in [1.29, 1.82) is 5.26 Å². The van der Waals surface area contributed by atoms with Crippen LogP contribution in [0.5, 0.6) is 0 Å². The van der Waals surface area contributed by atoms with Crippen LogP contribution < -0.4 is 4.90 Å². The number of fused-ring (bicyclic) bond motifs is 1. The SMILES string of the molecule is COC[C@@]12CCN(c3ccc(C#N)c(C(F)(F)F)c3)C[C@@H]1CN(C(=O)c1ncccc1C)C2. The third kappa shape index (κ3) is 4.27. The first-order valence-corrected chi connectivity index (χ1v) is 10.7. The average molecular weight is 458 g/mol. The van der Waals surface area contributed by atoms with E-state index in [-0.39, 0.29) is 22.8 Å². The third-order valence-electron chi connectivity index (χ3n) is 6.86. The molecule has 1 amide bonds. The number of rotatable bonds is 4. The molecular formula is C24H25F3N4O2. The summed E-state index contributed by atoms with van der Waals surface area (Å²) >= 11 is 0. The summed E-state index contributed by atoms with van der Waals surface area (Å²) in [6.07, 6.45) is -2.33. The van der Waals surface area contributed by atoms with E-state index < -0.39 is 11.7 Å². The van der Waals surface area contributed by atoms with Gasteiger partial charge in [-0.05, 0) is 43.2 Å². The van der Waals surface area contributed by atoms with Crippen molar-refractivity contribution in [3.05, 3.63) is 58.9 Å². The fourth-order valence-corrected chi connectivity index (χ4v) is 5.12. The van der Waals surface area contributed by atoms with Gasteiger partial charge in [-0.15, -0.1) is 0 Å². The van der Waals surface area contributed by atoms with Gasteiger partial charge in [0.2, 0.25) is 0 Å². The van der Waals surface area contributed by atoms with E-state index in [0.717, 1.165) is 11.6 Å². The van der Waals surface area contributed by atoms with Gasteiger partial charge in [0.25, 0.3) is 5.91 Å². The van der Waals surface area contributed by atoms with E-state index >= 15 is 0 Å². The minimum atomic E-state index is -4.60. The van der Waals surface area contributed by atoms with Crippen LogP contribution in [-0.4, -0.2) is 55.7 Å². The van der Waals surface area contributed by atoms with E-state index in [2.05, 4.69) is 4.98 Å². The monoisotopic (exact) mass is 458 g/mol. The highest BCUT2D eigenvalue weighted by Crippen LogP contribution is 2.45. The molecule has 1 aromatic heterocycles. The number of hydrogen-bond acceptors (Lipinski definition) is 5. The second-order valence-electron chi connectivity index (χ2n) is 8.88. The number of hydrogen-bond donors (Lipinski definition) is 0. The summed E-state index contributed by atoms with van der Waals surface area (Å²) in [5.41, 5.74) is 0.0749. The number of alkyl halides is 3. The second kappa shape index (κ2) is 8.67. The van der Waals surface area contributed by atoms with E-state index in [9.17, 15) is 18.0 Å². The van der Waals surface area contributed by atoms with Gasteiger partial charge in [0.05, 0.1) is 23.8 Å². The summed E-state index contributed by atoms with van der Waals surface area (Å²) in [4.78, 5) is 21.1. The molecule has 0 aliphatic carbocycles. The maximum absolute atomic E-state index is 13.5. The lowest BCUT2D eigenvalue weighted by molar-refractivity contribution is -0.137. The van der Waals surface area contributed by atoms with Gasteiger partial charge in [0.1, 0.15) is 5.69 Å². The van der Waals surface area contributed by atoms with Crippen LogP contribution in [-0.2, 0) is 10.9 Å². The molecule has 0 unspecified atom stereocenters. The summed E-state index contributed by atoms with van der Waals surface area (Å²) in [6.45, 7) is 4.36. The number of ether oxygens (including phenoxy) is 1. The fraction of sp³-hybridized carbons (Fsp3) is 0.458. The molecule has 0 spiro atoms. The molecule has 1 aromatic carbocycles. The van der Waals surface area contributed by atoms with Gasteiger partial charge in [-0.25, -0.2) is 0 Å². The van der Waals surface area contributed by atoms with E-state index in [1.807, 2.05) is 17.9 Å². The number of methoxy groups -OCH3 is 1. The van der Waals surface area contributed by atoms with Crippen LogP contribution >= 0.6 is 0 Å². The summed E-state index contributed by atoms with van der Waals surface area (Å²) in [6, 6.07) is 9.10. The van der Waals surface area contributed by atoms with Crippen LogP contribution in [0.4, 0.5) is 18.9 Å². The van der Waals surface area contributed by atoms with Crippen LogP contribution in [0.2, 0.25) is 0 Å². The number of carbonyl (C=O) groups is 1. The van der Waals surface area contributed by atoms with Gasteiger partial charge in [-0.1, -0.05) is 6.07 Å². The molecule has 0 saturated carbocycles. The molecule has 2 aliphatic rings. The van der Waals surface area contributed by atoms with Crippen LogP contribution in [0, 0.1) is 29.6 Å². The van der Waals surface area contributed by atoms with Crippen molar-refractivity contribution < 1.29 is 22.7 Å². The predicted molar refractivity (Wildman–Crippen MR) is 116 cm³/mol. The first kappa shape index (κ1) is 23.1. The van der Waals surface area contributed by atoms with Gasteiger partial charge < -0.3 is 14.5 Å². The van der Waals surface area contributed by atoms with Crippen molar-refractivity contribution in [2.45, 2.75) is 19.5 Å². The Morgan fingerprint density at radius 1 is 1.33 bits per heavy atom. The maximum Gasteiger partial charge on any atom is 0.417 e. The van der Waals surface area contributed by atoms with Crippen molar-refractivity contribution in [3.63, 3.8) is 0 Å². The molecule has 6 nitrogen and oxygen atoms in total. The molecule has 2 atom stereocenters. The summed E-state index contributed by atoms with van der Waals surface area (Å²) in [5, 5.41) is 9.07. The number of carbonyl (C=O) groups excluding carboxylic acids is 1. The first-order valence-electron chi connectivity index (χ1n) is 10.7. The zero-order valence-corrected chi connectivity index (χ0v) is 18.5. The predicted octanol–water partition coefficient (Wildman–Crippen LogP) is 3.90. The molecule has 2 saturated heterocycles. The minimum Gasteiger partial charge on any atom is -0.384 e. The molecule has 9 heteroatoms. The second-order valence-corrected chi connectivity index (χ2v) is 8.88. The molecule has 174 valence electrons. The molecule has 0 bridgehead atoms. The van der Waals surface area contributed by atoms with Gasteiger partial charge in [0.15, 0.2) is 0 Å². The lowest BCUT2D eigenvalue weighted by atomic mass is 9.73. The van der Waals surface area contributed by atoms with Crippen LogP contribution in [0.15, 0.2) is 36.5 Å². The number of pyridine rings is 1. The normalized spacial score (nSPS) is 22.7. The zero-order chi connectivity index (χ0) is 23.8. The Bertz CT molecular complexity index is 1100. The standard InChI is InChI=1S/C24H25F3N4O2/c1-16-4-3-8-29-21(16)22(32)31-13-18-12-30(9-7-23(18,14-31)15-33-2)19-6-5-17(11-28)20(10-19)24(25,26)27/h3-6,8,10,18H,7,9,12-15H2,1-2H3/t18-,23+/m1/s1. The van der Waals surface area contributed by atoms with Crippen LogP contribution in [0.1, 0.15) is 33.6 Å². The number of likely N-dealkylation sites (tertiary alicyclic amines) is 1. The summed E-state index contributed by atoms with van der Waals surface area (Å²) in [7, 11) is 1.63. The number of anilines is 1. The minimum absolute atomic E-state index is 0.0316. The quantitative estimate of drug-likeness (QED) is 0.695. The zero-order valence-electron chi connectivity index (χ0n) is 18.5. The maximum atomic E-state index is 13.5. The number of nitriles is 1. The van der Waals surface area contributed by atoms with Crippen molar-refractivity contribution in [1.82, 2.24) is 9.88 Å². The number of aryl methyl sites for hydroxylation is 1. The number of piperidine rings is 1. The lowest BCUT2D eigenvalue weighted by Crippen LogP contribution is -2.49. The molecule has 3 heterocycles. The Kier molecular flexibility index (Phi) is 6.06. The highest BCUT2D eigenvalue weighted by Gasteiger charge is 2.51. The summed E-state index contributed by atoms with van der Waals surface area (Å²) in [5.74, 6) is -0.105. The molecule has 2 aliphatic heterocycles. The summed E-state index contributed by atoms with van der Waals surface area (Å²) < 4.78 is 45.9. The Hall–Kier alpha value is -3.12.